The van der Waals surface area contributed by atoms with E-state index in [2.05, 4.69) is 9.97 Å². The van der Waals surface area contributed by atoms with E-state index in [-0.39, 0.29) is 23.8 Å². The van der Waals surface area contributed by atoms with Crippen LogP contribution in [-0.2, 0) is 14.8 Å². The number of hydrogen-bond donors (Lipinski definition) is 0. The van der Waals surface area contributed by atoms with Gasteiger partial charge in [-0.1, -0.05) is 36.4 Å². The van der Waals surface area contributed by atoms with E-state index in [9.17, 15) is 18.0 Å². The lowest BCUT2D eigenvalue weighted by atomic mass is 10.0. The van der Waals surface area contributed by atoms with Gasteiger partial charge in [0.15, 0.2) is 5.78 Å². The third kappa shape index (κ3) is 4.68. The van der Waals surface area contributed by atoms with Crippen LogP contribution in [0.1, 0.15) is 15.9 Å². The molecule has 0 bridgehead atoms. The molecule has 0 aliphatic carbocycles. The minimum Gasteiger partial charge on any atom is -0.343 e. The number of piperazine rings is 1. The Balaban J connectivity index is 1.28. The fourth-order valence-corrected chi connectivity index (χ4v) is 5.49. The molecule has 1 saturated heterocycles. The van der Waals surface area contributed by atoms with E-state index < -0.39 is 10.0 Å². The van der Waals surface area contributed by atoms with Crippen molar-refractivity contribution in [3.05, 3.63) is 96.7 Å². The van der Waals surface area contributed by atoms with Crippen LogP contribution >= 0.6 is 0 Å². The first-order valence-corrected chi connectivity index (χ1v) is 12.8. The van der Waals surface area contributed by atoms with E-state index in [1.54, 1.807) is 82.9 Å². The van der Waals surface area contributed by atoms with Gasteiger partial charge in [-0.2, -0.15) is 4.31 Å². The quantitative estimate of drug-likeness (QED) is 0.285. The van der Waals surface area contributed by atoms with Crippen LogP contribution < -0.4 is 0 Å². The van der Waals surface area contributed by atoms with E-state index in [1.165, 1.54) is 4.31 Å². The molecule has 182 valence electrons. The van der Waals surface area contributed by atoms with Crippen molar-refractivity contribution in [3.63, 3.8) is 0 Å². The Morgan fingerprint density at radius 2 is 1.47 bits per heavy atom. The first kappa shape index (κ1) is 23.6. The molecule has 1 aliphatic heterocycles. The summed E-state index contributed by atoms with van der Waals surface area (Å²) in [4.78, 5) is 33.9. The highest BCUT2D eigenvalue weighted by molar-refractivity contribution is 7.89. The molecular weight excluding hydrogens is 478 g/mol. The summed E-state index contributed by atoms with van der Waals surface area (Å²) in [6.45, 7) is 1.33. The molecule has 4 aromatic rings. The van der Waals surface area contributed by atoms with Crippen LogP contribution in [0, 0.1) is 0 Å². The van der Waals surface area contributed by atoms with Crippen LogP contribution in [0.3, 0.4) is 0 Å². The highest BCUT2D eigenvalue weighted by atomic mass is 32.2. The van der Waals surface area contributed by atoms with Crippen molar-refractivity contribution in [3.8, 4) is 16.9 Å². The second-order valence-corrected chi connectivity index (χ2v) is 10.3. The Morgan fingerprint density at radius 1 is 0.833 bits per heavy atom. The van der Waals surface area contributed by atoms with E-state index >= 15 is 0 Å². The Morgan fingerprint density at radius 3 is 2.03 bits per heavy atom. The van der Waals surface area contributed by atoms with Gasteiger partial charge in [-0.05, 0) is 35.4 Å². The summed E-state index contributed by atoms with van der Waals surface area (Å²) in [5.74, 6) is 0.537. The molecule has 5 rings (SSSR count). The van der Waals surface area contributed by atoms with Gasteiger partial charge in [0, 0.05) is 55.9 Å². The summed E-state index contributed by atoms with van der Waals surface area (Å²) in [5.41, 5.74) is 2.72. The van der Waals surface area contributed by atoms with Crippen molar-refractivity contribution < 1.29 is 18.0 Å². The Hall–Kier alpha value is -4.15. The molecule has 0 spiro atoms. The largest absolute Gasteiger partial charge is 0.343 e. The predicted molar refractivity (Wildman–Crippen MR) is 133 cm³/mol. The maximum Gasteiger partial charge on any atom is 0.243 e. The molecule has 2 aromatic carbocycles. The molecule has 0 saturated carbocycles. The SMILES string of the molecule is O=CN1CCN(S(=O)(=O)c2ccc(-c3ccc(C(=O)c4ccc(-n5ccnc5)nc4)cc3)cc2)CC1. The summed E-state index contributed by atoms with van der Waals surface area (Å²) in [6, 6.07) is 17.3. The molecule has 2 aromatic heterocycles. The number of pyridine rings is 1. The lowest BCUT2D eigenvalue weighted by Gasteiger charge is -2.31. The average molecular weight is 502 g/mol. The van der Waals surface area contributed by atoms with Crippen molar-refractivity contribution in [1.29, 1.82) is 0 Å². The molecule has 10 heteroatoms. The zero-order chi connectivity index (χ0) is 25.1. The van der Waals surface area contributed by atoms with Gasteiger partial charge in [0.1, 0.15) is 12.1 Å². The minimum absolute atomic E-state index is 0.137. The standard InChI is InChI=1S/C26H23N5O4S/c32-19-29-13-15-31(16-14-29)36(34,35)24-8-5-21(6-9-24)20-1-3-22(4-2-20)26(33)23-7-10-25(28-17-23)30-12-11-27-18-30/h1-12,17-19H,13-16H2. The fourth-order valence-electron chi connectivity index (χ4n) is 4.07. The monoisotopic (exact) mass is 501 g/mol. The van der Waals surface area contributed by atoms with Crippen LogP contribution in [0.2, 0.25) is 0 Å². The number of hydrogen-bond acceptors (Lipinski definition) is 6. The van der Waals surface area contributed by atoms with E-state index in [4.69, 9.17) is 0 Å². The smallest absolute Gasteiger partial charge is 0.243 e. The number of nitrogens with zero attached hydrogens (tertiary/aromatic N) is 5. The zero-order valence-electron chi connectivity index (χ0n) is 19.3. The first-order chi connectivity index (χ1) is 17.5. The summed E-state index contributed by atoms with van der Waals surface area (Å²) < 4.78 is 29.0. The highest BCUT2D eigenvalue weighted by Crippen LogP contribution is 2.24. The Labute approximate surface area is 208 Å². The van der Waals surface area contributed by atoms with Crippen LogP contribution in [0.5, 0.6) is 0 Å². The third-order valence-corrected chi connectivity index (χ3v) is 8.09. The van der Waals surface area contributed by atoms with E-state index in [1.807, 2.05) is 12.1 Å². The number of amides is 1. The van der Waals surface area contributed by atoms with Crippen LogP contribution in [0.25, 0.3) is 16.9 Å². The second-order valence-electron chi connectivity index (χ2n) is 8.35. The van der Waals surface area contributed by atoms with Crippen molar-refractivity contribution in [2.45, 2.75) is 4.90 Å². The number of rotatable bonds is 7. The van der Waals surface area contributed by atoms with Gasteiger partial charge in [0.2, 0.25) is 16.4 Å². The number of imidazole rings is 1. The molecule has 3 heterocycles. The van der Waals surface area contributed by atoms with Crippen molar-refractivity contribution >= 4 is 22.2 Å². The molecule has 1 amide bonds. The van der Waals surface area contributed by atoms with Crippen molar-refractivity contribution in [2.75, 3.05) is 26.2 Å². The summed E-state index contributed by atoms with van der Waals surface area (Å²) in [5, 5.41) is 0. The maximum atomic E-state index is 12.9. The number of ketones is 1. The van der Waals surface area contributed by atoms with Gasteiger partial charge >= 0.3 is 0 Å². The van der Waals surface area contributed by atoms with Crippen LogP contribution in [0.15, 0.2) is 90.5 Å². The van der Waals surface area contributed by atoms with Gasteiger partial charge < -0.3 is 4.90 Å². The van der Waals surface area contributed by atoms with Gasteiger partial charge in [-0.3, -0.25) is 14.2 Å². The fraction of sp³-hybridized carbons (Fsp3) is 0.154. The Bertz CT molecular complexity index is 1460. The number of carbonyl (C=O) groups excluding carboxylic acids is 2. The predicted octanol–water partition coefficient (Wildman–Crippen LogP) is 2.63. The number of sulfonamides is 1. The van der Waals surface area contributed by atoms with Crippen molar-refractivity contribution in [1.82, 2.24) is 23.7 Å². The molecular formula is C26H23N5O4S. The van der Waals surface area contributed by atoms with E-state index in [0.29, 0.717) is 30.0 Å². The molecule has 1 aliphatic rings. The molecule has 0 N–H and O–H groups in total. The summed E-state index contributed by atoms with van der Waals surface area (Å²) >= 11 is 0. The Kier molecular flexibility index (Phi) is 6.45. The molecule has 0 radical (unpaired) electrons. The number of carbonyl (C=O) groups is 2. The van der Waals surface area contributed by atoms with Gasteiger partial charge in [-0.15, -0.1) is 0 Å². The molecule has 1 fully saturated rings. The topological polar surface area (TPSA) is 105 Å². The molecule has 0 atom stereocenters. The lowest BCUT2D eigenvalue weighted by Crippen LogP contribution is -2.47. The summed E-state index contributed by atoms with van der Waals surface area (Å²) in [6.07, 6.45) is 7.37. The normalized spacial score (nSPS) is 14.5. The molecule has 0 unspecified atom stereocenters. The number of aromatic nitrogens is 3. The van der Waals surface area contributed by atoms with Gasteiger partial charge in [0.05, 0.1) is 4.90 Å². The lowest BCUT2D eigenvalue weighted by molar-refractivity contribution is -0.119. The molecule has 9 nitrogen and oxygen atoms in total. The number of benzene rings is 2. The van der Waals surface area contributed by atoms with Crippen LogP contribution in [0.4, 0.5) is 0 Å². The van der Waals surface area contributed by atoms with Gasteiger partial charge in [0.25, 0.3) is 0 Å². The average Bonchev–Trinajstić information content (AvgIpc) is 3.48. The second kappa shape index (κ2) is 9.84. The van der Waals surface area contributed by atoms with Crippen LogP contribution in [-0.4, -0.2) is 70.5 Å². The third-order valence-electron chi connectivity index (χ3n) is 6.17. The zero-order valence-corrected chi connectivity index (χ0v) is 20.1. The van der Waals surface area contributed by atoms with Gasteiger partial charge in [-0.25, -0.2) is 18.4 Å². The first-order valence-electron chi connectivity index (χ1n) is 11.3. The highest BCUT2D eigenvalue weighted by Gasteiger charge is 2.28. The maximum absolute atomic E-state index is 12.9. The summed E-state index contributed by atoms with van der Waals surface area (Å²) in [7, 11) is -3.62. The van der Waals surface area contributed by atoms with Crippen molar-refractivity contribution in [2.24, 2.45) is 0 Å². The molecule has 36 heavy (non-hydrogen) atoms. The van der Waals surface area contributed by atoms with E-state index in [0.717, 1.165) is 17.5 Å². The minimum atomic E-state index is -3.62.